The Morgan fingerprint density at radius 3 is 2.69 bits per heavy atom. The Labute approximate surface area is 153 Å². The van der Waals surface area contributed by atoms with E-state index in [0.717, 1.165) is 27.8 Å². The SMILES string of the molecule is CCOc1ccc(C(C)NC(=O)/C=C/c2ccnc3ccccc23)cc1. The number of carbonyl (C=O) groups excluding carboxylic acids is 1. The van der Waals surface area contributed by atoms with E-state index in [0.29, 0.717) is 6.61 Å². The Balaban J connectivity index is 1.66. The molecule has 0 spiro atoms. The van der Waals surface area contributed by atoms with Crippen LogP contribution in [0.4, 0.5) is 0 Å². The molecule has 132 valence electrons. The van der Waals surface area contributed by atoms with E-state index >= 15 is 0 Å². The van der Waals surface area contributed by atoms with E-state index in [4.69, 9.17) is 4.74 Å². The molecule has 0 fully saturated rings. The van der Waals surface area contributed by atoms with Gasteiger partial charge in [-0.15, -0.1) is 0 Å². The molecule has 1 unspecified atom stereocenters. The van der Waals surface area contributed by atoms with Gasteiger partial charge in [-0.05, 0) is 55.3 Å². The molecule has 4 heteroatoms. The molecule has 0 aliphatic carbocycles. The fraction of sp³-hybridized carbons (Fsp3) is 0.182. The van der Waals surface area contributed by atoms with Gasteiger partial charge in [-0.2, -0.15) is 0 Å². The summed E-state index contributed by atoms with van der Waals surface area (Å²) in [6.07, 6.45) is 5.14. The van der Waals surface area contributed by atoms with Crippen LogP contribution in [0.3, 0.4) is 0 Å². The maximum atomic E-state index is 12.3. The third kappa shape index (κ3) is 4.28. The van der Waals surface area contributed by atoms with Gasteiger partial charge in [-0.25, -0.2) is 0 Å². The van der Waals surface area contributed by atoms with E-state index in [1.807, 2.05) is 74.5 Å². The number of hydrogen-bond donors (Lipinski definition) is 1. The molecule has 0 bridgehead atoms. The number of hydrogen-bond acceptors (Lipinski definition) is 3. The first-order chi connectivity index (χ1) is 12.7. The molecule has 1 heterocycles. The van der Waals surface area contributed by atoms with Gasteiger partial charge in [-0.3, -0.25) is 9.78 Å². The molecule has 0 saturated heterocycles. The van der Waals surface area contributed by atoms with Crippen molar-refractivity contribution in [3.63, 3.8) is 0 Å². The maximum absolute atomic E-state index is 12.3. The number of ether oxygens (including phenoxy) is 1. The fourth-order valence-electron chi connectivity index (χ4n) is 2.79. The first-order valence-corrected chi connectivity index (χ1v) is 8.72. The summed E-state index contributed by atoms with van der Waals surface area (Å²) in [6.45, 7) is 4.55. The number of carbonyl (C=O) groups is 1. The molecule has 0 radical (unpaired) electrons. The maximum Gasteiger partial charge on any atom is 0.244 e. The number of fused-ring (bicyclic) bond motifs is 1. The van der Waals surface area contributed by atoms with E-state index in [-0.39, 0.29) is 11.9 Å². The molecule has 0 aliphatic heterocycles. The zero-order valence-corrected chi connectivity index (χ0v) is 15.0. The summed E-state index contributed by atoms with van der Waals surface area (Å²) in [5, 5.41) is 4.01. The number of nitrogens with one attached hydrogen (secondary N) is 1. The lowest BCUT2D eigenvalue weighted by Gasteiger charge is -2.13. The first kappa shape index (κ1) is 17.7. The number of pyridine rings is 1. The lowest BCUT2D eigenvalue weighted by Crippen LogP contribution is -2.24. The highest BCUT2D eigenvalue weighted by molar-refractivity contribution is 5.95. The molecule has 3 rings (SSSR count). The second kappa shape index (κ2) is 8.30. The summed E-state index contributed by atoms with van der Waals surface area (Å²) < 4.78 is 5.44. The minimum Gasteiger partial charge on any atom is -0.494 e. The number of benzene rings is 2. The number of aromatic nitrogens is 1. The highest BCUT2D eigenvalue weighted by atomic mass is 16.5. The second-order valence-electron chi connectivity index (χ2n) is 5.98. The predicted molar refractivity (Wildman–Crippen MR) is 105 cm³/mol. The Bertz CT molecular complexity index is 912. The summed E-state index contributed by atoms with van der Waals surface area (Å²) in [4.78, 5) is 16.6. The van der Waals surface area contributed by atoms with E-state index in [1.54, 1.807) is 12.3 Å². The van der Waals surface area contributed by atoms with Crippen molar-refractivity contribution < 1.29 is 9.53 Å². The predicted octanol–water partition coefficient (Wildman–Crippen LogP) is 4.52. The van der Waals surface area contributed by atoms with Crippen LogP contribution in [0.25, 0.3) is 17.0 Å². The largest absolute Gasteiger partial charge is 0.494 e. The van der Waals surface area contributed by atoms with E-state index in [9.17, 15) is 4.79 Å². The third-order valence-corrected chi connectivity index (χ3v) is 4.15. The normalized spacial score (nSPS) is 12.2. The highest BCUT2D eigenvalue weighted by Crippen LogP contribution is 2.19. The molecular weight excluding hydrogens is 324 g/mol. The Hall–Kier alpha value is -3.14. The van der Waals surface area contributed by atoms with Crippen molar-refractivity contribution >= 4 is 22.9 Å². The molecule has 3 aromatic rings. The molecule has 2 aromatic carbocycles. The molecule has 1 aromatic heterocycles. The molecule has 1 atom stereocenters. The van der Waals surface area contributed by atoms with Crippen LogP contribution in [0.2, 0.25) is 0 Å². The van der Waals surface area contributed by atoms with E-state index in [1.165, 1.54) is 0 Å². The van der Waals surface area contributed by atoms with Crippen LogP contribution in [-0.4, -0.2) is 17.5 Å². The van der Waals surface area contributed by atoms with Gasteiger partial charge in [-0.1, -0.05) is 30.3 Å². The topological polar surface area (TPSA) is 51.2 Å². The molecule has 0 saturated carbocycles. The van der Waals surface area contributed by atoms with Gasteiger partial charge >= 0.3 is 0 Å². The summed E-state index contributed by atoms with van der Waals surface area (Å²) in [7, 11) is 0. The number of nitrogens with zero attached hydrogens (tertiary/aromatic N) is 1. The molecule has 0 aliphatic rings. The fourth-order valence-corrected chi connectivity index (χ4v) is 2.79. The van der Waals surface area contributed by atoms with Crippen LogP contribution in [0, 0.1) is 0 Å². The summed E-state index contributed by atoms with van der Waals surface area (Å²) in [5.74, 6) is 0.700. The van der Waals surface area contributed by atoms with E-state index in [2.05, 4.69) is 10.3 Å². The summed E-state index contributed by atoms with van der Waals surface area (Å²) in [6, 6.07) is 17.5. The third-order valence-electron chi connectivity index (χ3n) is 4.15. The monoisotopic (exact) mass is 346 g/mol. The van der Waals surface area contributed by atoms with Gasteiger partial charge in [0.15, 0.2) is 0 Å². The van der Waals surface area contributed by atoms with Crippen LogP contribution < -0.4 is 10.1 Å². The average molecular weight is 346 g/mol. The Kier molecular flexibility index (Phi) is 5.64. The van der Waals surface area contributed by atoms with E-state index < -0.39 is 0 Å². The van der Waals surface area contributed by atoms with Crippen molar-refractivity contribution in [2.45, 2.75) is 19.9 Å². The van der Waals surface area contributed by atoms with Crippen LogP contribution in [-0.2, 0) is 4.79 Å². The lowest BCUT2D eigenvalue weighted by molar-refractivity contribution is -0.117. The Morgan fingerprint density at radius 1 is 1.15 bits per heavy atom. The second-order valence-corrected chi connectivity index (χ2v) is 5.98. The van der Waals surface area contributed by atoms with Crippen molar-refractivity contribution in [1.82, 2.24) is 10.3 Å². The van der Waals surface area contributed by atoms with Crippen molar-refractivity contribution in [1.29, 1.82) is 0 Å². The molecular formula is C22H22N2O2. The molecule has 4 nitrogen and oxygen atoms in total. The van der Waals surface area contributed by atoms with Crippen molar-refractivity contribution in [2.24, 2.45) is 0 Å². The minimum absolute atomic E-state index is 0.0861. The molecule has 26 heavy (non-hydrogen) atoms. The quantitative estimate of drug-likeness (QED) is 0.668. The Morgan fingerprint density at radius 2 is 1.92 bits per heavy atom. The number of amides is 1. The average Bonchev–Trinajstić information content (AvgIpc) is 2.67. The highest BCUT2D eigenvalue weighted by Gasteiger charge is 2.08. The van der Waals surface area contributed by atoms with Gasteiger partial charge in [0.05, 0.1) is 18.2 Å². The van der Waals surface area contributed by atoms with Gasteiger partial charge in [0.2, 0.25) is 5.91 Å². The smallest absolute Gasteiger partial charge is 0.244 e. The van der Waals surface area contributed by atoms with Crippen LogP contribution >= 0.6 is 0 Å². The lowest BCUT2D eigenvalue weighted by atomic mass is 10.1. The van der Waals surface area contributed by atoms with Crippen LogP contribution in [0.1, 0.15) is 31.0 Å². The van der Waals surface area contributed by atoms with Gasteiger partial charge in [0.25, 0.3) is 0 Å². The zero-order chi connectivity index (χ0) is 18.4. The molecule has 1 N–H and O–H groups in total. The van der Waals surface area contributed by atoms with Crippen molar-refractivity contribution in [3.8, 4) is 5.75 Å². The van der Waals surface area contributed by atoms with Gasteiger partial charge in [0.1, 0.15) is 5.75 Å². The van der Waals surface area contributed by atoms with Gasteiger partial charge in [0, 0.05) is 17.7 Å². The van der Waals surface area contributed by atoms with Crippen molar-refractivity contribution in [2.75, 3.05) is 6.61 Å². The van der Waals surface area contributed by atoms with Crippen molar-refractivity contribution in [3.05, 3.63) is 78.0 Å². The number of para-hydroxylation sites is 1. The number of rotatable bonds is 6. The minimum atomic E-state index is -0.132. The zero-order valence-electron chi connectivity index (χ0n) is 15.0. The summed E-state index contributed by atoms with van der Waals surface area (Å²) in [5.41, 5.74) is 2.92. The first-order valence-electron chi connectivity index (χ1n) is 8.72. The molecule has 1 amide bonds. The standard InChI is InChI=1S/C22H22N2O2/c1-3-26-19-11-8-17(9-12-19)16(2)24-22(25)13-10-18-14-15-23-21-7-5-4-6-20(18)21/h4-16H,3H2,1-2H3,(H,24,25)/b13-10+. The van der Waals surface area contributed by atoms with Gasteiger partial charge < -0.3 is 10.1 Å². The van der Waals surface area contributed by atoms with Crippen LogP contribution in [0.5, 0.6) is 5.75 Å². The summed E-state index contributed by atoms with van der Waals surface area (Å²) >= 11 is 0. The van der Waals surface area contributed by atoms with Crippen LogP contribution in [0.15, 0.2) is 66.9 Å².